The fourth-order valence-corrected chi connectivity index (χ4v) is 3.11. The molecule has 2 amide bonds. The van der Waals surface area contributed by atoms with Crippen molar-refractivity contribution < 1.29 is 18.8 Å². The summed E-state index contributed by atoms with van der Waals surface area (Å²) in [7, 11) is 0. The minimum absolute atomic E-state index is 0.0640. The highest BCUT2D eigenvalue weighted by Gasteiger charge is 2.30. The molecule has 1 aromatic rings. The molecule has 1 fully saturated rings. The smallest absolute Gasteiger partial charge is 0.244 e. The average molecular weight is 385 g/mol. The number of thioether (sulfide) groups is 1. The first kappa shape index (κ1) is 19.5. The van der Waals surface area contributed by atoms with Crippen molar-refractivity contribution in [1.29, 1.82) is 0 Å². The first-order valence-electron chi connectivity index (χ1n) is 7.52. The van der Waals surface area contributed by atoms with Crippen LogP contribution in [-0.2, 0) is 14.4 Å². The van der Waals surface area contributed by atoms with Crippen molar-refractivity contribution in [3.05, 3.63) is 40.1 Å². The number of carbonyl (C=O) groups is 3. The molecule has 1 aliphatic rings. The second-order valence-electron chi connectivity index (χ2n) is 6.54. The lowest BCUT2D eigenvalue weighted by molar-refractivity contribution is -0.129. The largest absolute Gasteiger partial charge is 0.323 e. The van der Waals surface area contributed by atoms with E-state index in [2.05, 4.69) is 5.32 Å². The van der Waals surface area contributed by atoms with E-state index in [0.717, 1.165) is 6.07 Å². The number of amides is 2. The molecule has 0 spiro atoms. The van der Waals surface area contributed by atoms with Crippen molar-refractivity contribution in [2.45, 2.75) is 20.8 Å². The summed E-state index contributed by atoms with van der Waals surface area (Å²) in [6, 6.07) is 3.60. The maximum absolute atomic E-state index is 13.0. The first-order valence-corrected chi connectivity index (χ1v) is 8.88. The van der Waals surface area contributed by atoms with Crippen molar-refractivity contribution in [3.8, 4) is 0 Å². The Bertz CT molecular complexity index is 759. The quantitative estimate of drug-likeness (QED) is 0.807. The van der Waals surface area contributed by atoms with E-state index in [-0.39, 0.29) is 34.7 Å². The minimum Gasteiger partial charge on any atom is -0.323 e. The highest BCUT2D eigenvalue weighted by Crippen LogP contribution is 2.30. The number of allylic oxidation sites excluding steroid dienone is 1. The average Bonchev–Trinajstić information content (AvgIpc) is 2.82. The summed E-state index contributed by atoms with van der Waals surface area (Å²) >= 11 is 7.09. The van der Waals surface area contributed by atoms with Gasteiger partial charge in [0.05, 0.1) is 21.5 Å². The molecule has 5 nitrogen and oxygen atoms in total. The number of halogens is 2. The van der Waals surface area contributed by atoms with Gasteiger partial charge in [0.1, 0.15) is 12.4 Å². The number of carbonyl (C=O) groups excluding carboxylic acids is 3. The van der Waals surface area contributed by atoms with Crippen molar-refractivity contribution >= 4 is 46.6 Å². The second-order valence-corrected chi connectivity index (χ2v) is 7.94. The van der Waals surface area contributed by atoms with Crippen molar-refractivity contribution in [2.75, 3.05) is 17.6 Å². The van der Waals surface area contributed by atoms with Gasteiger partial charge in [0.25, 0.3) is 0 Å². The maximum Gasteiger partial charge on any atom is 0.244 e. The number of nitrogens with zero attached hydrogens (tertiary/aromatic N) is 1. The van der Waals surface area contributed by atoms with E-state index in [1.54, 1.807) is 20.8 Å². The summed E-state index contributed by atoms with van der Waals surface area (Å²) in [4.78, 5) is 37.6. The fraction of sp³-hybridized carbons (Fsp3) is 0.353. The Labute approximate surface area is 154 Å². The Balaban J connectivity index is 2.11. The highest BCUT2D eigenvalue weighted by molar-refractivity contribution is 8.04. The van der Waals surface area contributed by atoms with Gasteiger partial charge >= 0.3 is 0 Å². The van der Waals surface area contributed by atoms with Crippen LogP contribution in [0.5, 0.6) is 0 Å². The number of hydrogen-bond donors (Lipinski definition) is 1. The number of benzene rings is 1. The van der Waals surface area contributed by atoms with Gasteiger partial charge in [-0.1, -0.05) is 44.1 Å². The molecule has 0 aliphatic carbocycles. The number of hydrogen-bond acceptors (Lipinski definition) is 4. The minimum atomic E-state index is -0.575. The molecular weight excluding hydrogens is 367 g/mol. The third-order valence-corrected chi connectivity index (χ3v) is 4.75. The second kappa shape index (κ2) is 7.58. The van der Waals surface area contributed by atoms with Gasteiger partial charge in [0, 0.05) is 11.5 Å². The SMILES string of the molecule is CC(C)(C)C(=O)/C=C1\SCC(=O)N1CC(=O)Nc1ccc(F)cc1Cl. The van der Waals surface area contributed by atoms with Crippen LogP contribution in [0.2, 0.25) is 5.02 Å². The predicted octanol–water partition coefficient (Wildman–Crippen LogP) is 3.45. The van der Waals surface area contributed by atoms with E-state index in [0.29, 0.717) is 5.03 Å². The van der Waals surface area contributed by atoms with Gasteiger partial charge in [-0.05, 0) is 18.2 Å². The van der Waals surface area contributed by atoms with Gasteiger partial charge in [-0.25, -0.2) is 4.39 Å². The molecule has 0 bridgehead atoms. The predicted molar refractivity (Wildman–Crippen MR) is 96.8 cm³/mol. The lowest BCUT2D eigenvalue weighted by Crippen LogP contribution is -2.34. The van der Waals surface area contributed by atoms with Crippen LogP contribution in [0.3, 0.4) is 0 Å². The Morgan fingerprint density at radius 2 is 2.08 bits per heavy atom. The summed E-state index contributed by atoms with van der Waals surface area (Å²) in [5, 5.41) is 3.05. The van der Waals surface area contributed by atoms with Gasteiger partial charge in [-0.2, -0.15) is 0 Å². The molecule has 2 rings (SSSR count). The van der Waals surface area contributed by atoms with Crippen LogP contribution in [0, 0.1) is 11.2 Å². The zero-order chi connectivity index (χ0) is 18.8. The Hall–Kier alpha value is -1.86. The van der Waals surface area contributed by atoms with Crippen molar-refractivity contribution in [1.82, 2.24) is 4.90 Å². The molecule has 0 atom stereocenters. The van der Waals surface area contributed by atoms with Gasteiger partial charge in [-0.15, -0.1) is 0 Å². The van der Waals surface area contributed by atoms with Crippen LogP contribution >= 0.6 is 23.4 Å². The van der Waals surface area contributed by atoms with E-state index in [9.17, 15) is 18.8 Å². The van der Waals surface area contributed by atoms with E-state index >= 15 is 0 Å². The first-order chi connectivity index (χ1) is 11.6. The molecule has 1 aliphatic heterocycles. The number of nitrogens with one attached hydrogen (secondary N) is 1. The van der Waals surface area contributed by atoms with E-state index in [1.807, 2.05) is 0 Å². The molecule has 134 valence electrons. The van der Waals surface area contributed by atoms with Gasteiger partial charge in [0.15, 0.2) is 5.78 Å². The fourth-order valence-electron chi connectivity index (χ4n) is 1.95. The van der Waals surface area contributed by atoms with Gasteiger partial charge in [-0.3, -0.25) is 19.3 Å². The van der Waals surface area contributed by atoms with E-state index in [1.165, 1.54) is 34.9 Å². The van der Waals surface area contributed by atoms with E-state index < -0.39 is 17.1 Å². The molecule has 1 heterocycles. The number of rotatable bonds is 4. The topological polar surface area (TPSA) is 66.5 Å². The van der Waals surface area contributed by atoms with E-state index in [4.69, 9.17) is 11.6 Å². The molecule has 0 aromatic heterocycles. The number of anilines is 1. The summed E-state index contributed by atoms with van der Waals surface area (Å²) in [6.07, 6.45) is 1.40. The summed E-state index contributed by atoms with van der Waals surface area (Å²) < 4.78 is 13.0. The summed E-state index contributed by atoms with van der Waals surface area (Å²) in [5.74, 6) is -1.21. The molecule has 0 saturated carbocycles. The Kier molecular flexibility index (Phi) is 5.90. The third kappa shape index (κ3) is 5.06. The maximum atomic E-state index is 13.0. The van der Waals surface area contributed by atoms with Gasteiger partial charge in [0.2, 0.25) is 11.8 Å². The molecule has 1 aromatic carbocycles. The number of ketones is 1. The molecule has 1 saturated heterocycles. The van der Waals surface area contributed by atoms with Crippen LogP contribution in [0.15, 0.2) is 29.3 Å². The van der Waals surface area contributed by atoms with Gasteiger partial charge < -0.3 is 5.32 Å². The summed E-state index contributed by atoms with van der Waals surface area (Å²) in [5.41, 5.74) is -0.321. The van der Waals surface area contributed by atoms with Crippen LogP contribution < -0.4 is 5.32 Å². The zero-order valence-corrected chi connectivity index (χ0v) is 15.6. The van der Waals surface area contributed by atoms with Crippen LogP contribution in [0.25, 0.3) is 0 Å². The Morgan fingerprint density at radius 3 is 2.68 bits per heavy atom. The van der Waals surface area contributed by atoms with Crippen molar-refractivity contribution in [3.63, 3.8) is 0 Å². The molecule has 0 unspecified atom stereocenters. The highest BCUT2D eigenvalue weighted by atomic mass is 35.5. The standard InChI is InChI=1S/C17H18ClFN2O3S/c1-17(2,3)13(22)7-16-21(15(24)9-25-16)8-14(23)20-12-5-4-10(19)6-11(12)18/h4-7H,8-9H2,1-3H3,(H,20,23)/b16-7-. The van der Waals surface area contributed by atoms with Crippen LogP contribution in [0.4, 0.5) is 10.1 Å². The lowest BCUT2D eigenvalue weighted by atomic mass is 9.91. The molecule has 8 heteroatoms. The lowest BCUT2D eigenvalue weighted by Gasteiger charge is -2.19. The van der Waals surface area contributed by atoms with Crippen LogP contribution in [0.1, 0.15) is 20.8 Å². The molecular formula is C17H18ClFN2O3S. The molecule has 1 N–H and O–H groups in total. The summed E-state index contributed by atoms with van der Waals surface area (Å²) in [6.45, 7) is 5.09. The normalized spacial score (nSPS) is 16.4. The van der Waals surface area contributed by atoms with Crippen LogP contribution in [-0.4, -0.2) is 34.8 Å². The molecule has 25 heavy (non-hydrogen) atoms. The Morgan fingerprint density at radius 1 is 1.40 bits per heavy atom. The van der Waals surface area contributed by atoms with Crippen molar-refractivity contribution in [2.24, 2.45) is 5.41 Å². The molecule has 0 radical (unpaired) electrons. The third-order valence-electron chi connectivity index (χ3n) is 3.41. The zero-order valence-electron chi connectivity index (χ0n) is 14.1. The monoisotopic (exact) mass is 384 g/mol.